The minimum atomic E-state index is -0.271. The van der Waals surface area contributed by atoms with Gasteiger partial charge in [-0.05, 0) is 49.2 Å². The monoisotopic (exact) mass is 352 g/mol. The van der Waals surface area contributed by atoms with Gasteiger partial charge >= 0.3 is 0 Å². The van der Waals surface area contributed by atoms with Crippen molar-refractivity contribution in [3.05, 3.63) is 66.0 Å². The van der Waals surface area contributed by atoms with Crippen molar-refractivity contribution in [2.24, 2.45) is 5.92 Å². The highest BCUT2D eigenvalue weighted by atomic mass is 19.1. The number of carbonyl (C=O) groups is 1. The third-order valence-electron chi connectivity index (χ3n) is 4.17. The second kappa shape index (κ2) is 7.47. The SMILES string of the molecule is Cc1nc(C)n(C[C@@H](C)C(=O)Nc2ccc(-c3cccc(F)c3)cc2)n1. The largest absolute Gasteiger partial charge is 0.326 e. The molecule has 5 nitrogen and oxygen atoms in total. The van der Waals surface area contributed by atoms with Gasteiger partial charge in [0.2, 0.25) is 5.91 Å². The average Bonchev–Trinajstić information content (AvgIpc) is 2.92. The molecule has 3 aromatic rings. The van der Waals surface area contributed by atoms with E-state index >= 15 is 0 Å². The van der Waals surface area contributed by atoms with Crippen LogP contribution < -0.4 is 5.32 Å². The minimum Gasteiger partial charge on any atom is -0.326 e. The van der Waals surface area contributed by atoms with Crippen LogP contribution in [0.5, 0.6) is 0 Å². The Labute approximate surface area is 151 Å². The van der Waals surface area contributed by atoms with E-state index < -0.39 is 0 Å². The topological polar surface area (TPSA) is 59.8 Å². The summed E-state index contributed by atoms with van der Waals surface area (Å²) in [6, 6.07) is 13.8. The summed E-state index contributed by atoms with van der Waals surface area (Å²) in [7, 11) is 0. The van der Waals surface area contributed by atoms with Crippen LogP contribution in [0, 0.1) is 25.6 Å². The van der Waals surface area contributed by atoms with Gasteiger partial charge in [0.05, 0.1) is 12.5 Å². The molecule has 26 heavy (non-hydrogen) atoms. The van der Waals surface area contributed by atoms with Gasteiger partial charge in [-0.3, -0.25) is 4.79 Å². The molecule has 0 aliphatic heterocycles. The Morgan fingerprint density at radius 2 is 1.88 bits per heavy atom. The lowest BCUT2D eigenvalue weighted by atomic mass is 10.1. The van der Waals surface area contributed by atoms with E-state index in [-0.39, 0.29) is 17.6 Å². The second-order valence-corrected chi connectivity index (χ2v) is 6.37. The molecule has 0 saturated carbocycles. The molecule has 0 aliphatic rings. The third-order valence-corrected chi connectivity index (χ3v) is 4.17. The van der Waals surface area contributed by atoms with Crippen LogP contribution in [0.15, 0.2) is 48.5 Å². The Morgan fingerprint density at radius 3 is 2.50 bits per heavy atom. The van der Waals surface area contributed by atoms with Gasteiger partial charge in [-0.1, -0.05) is 31.2 Å². The molecular weight excluding hydrogens is 331 g/mol. The van der Waals surface area contributed by atoms with Crippen molar-refractivity contribution in [3.8, 4) is 11.1 Å². The van der Waals surface area contributed by atoms with Crippen LogP contribution in [0.3, 0.4) is 0 Å². The van der Waals surface area contributed by atoms with E-state index in [9.17, 15) is 9.18 Å². The standard InChI is InChI=1S/C20H21FN4O/c1-13(12-25-15(3)22-14(2)24-25)20(26)23-19-9-7-16(8-10-19)17-5-4-6-18(21)11-17/h4-11,13H,12H2,1-3H3,(H,23,26)/t13-/m1/s1. The van der Waals surface area contributed by atoms with Crippen molar-refractivity contribution in [3.63, 3.8) is 0 Å². The Bertz CT molecular complexity index is 918. The van der Waals surface area contributed by atoms with Crippen molar-refractivity contribution in [1.29, 1.82) is 0 Å². The zero-order valence-corrected chi connectivity index (χ0v) is 15.0. The predicted octanol–water partition coefficient (Wildman–Crippen LogP) is 3.98. The summed E-state index contributed by atoms with van der Waals surface area (Å²) in [6.45, 7) is 6.02. The summed E-state index contributed by atoms with van der Waals surface area (Å²) < 4.78 is 15.1. The molecule has 134 valence electrons. The lowest BCUT2D eigenvalue weighted by molar-refractivity contribution is -0.119. The second-order valence-electron chi connectivity index (χ2n) is 6.37. The number of rotatable bonds is 5. The molecule has 0 saturated heterocycles. The molecule has 1 atom stereocenters. The molecule has 0 radical (unpaired) electrons. The zero-order chi connectivity index (χ0) is 18.7. The van der Waals surface area contributed by atoms with E-state index in [0.29, 0.717) is 18.1 Å². The molecule has 1 aromatic heterocycles. The Morgan fingerprint density at radius 1 is 1.15 bits per heavy atom. The van der Waals surface area contributed by atoms with E-state index in [2.05, 4.69) is 15.4 Å². The van der Waals surface area contributed by atoms with Gasteiger partial charge < -0.3 is 5.32 Å². The lowest BCUT2D eigenvalue weighted by Crippen LogP contribution is -2.25. The van der Waals surface area contributed by atoms with Crippen LogP contribution in [0.25, 0.3) is 11.1 Å². The van der Waals surface area contributed by atoms with Crippen molar-refractivity contribution in [1.82, 2.24) is 14.8 Å². The highest BCUT2D eigenvalue weighted by Gasteiger charge is 2.16. The fourth-order valence-electron chi connectivity index (χ4n) is 2.76. The number of hydrogen-bond donors (Lipinski definition) is 1. The number of aryl methyl sites for hydroxylation is 2. The molecule has 1 heterocycles. The van der Waals surface area contributed by atoms with Crippen LogP contribution in [0.4, 0.5) is 10.1 Å². The molecule has 0 bridgehead atoms. The number of anilines is 1. The van der Waals surface area contributed by atoms with E-state index in [1.165, 1.54) is 12.1 Å². The van der Waals surface area contributed by atoms with E-state index in [1.807, 2.05) is 51.1 Å². The van der Waals surface area contributed by atoms with Crippen LogP contribution in [-0.2, 0) is 11.3 Å². The molecule has 0 fully saturated rings. The van der Waals surface area contributed by atoms with Gasteiger partial charge in [-0.2, -0.15) is 5.10 Å². The van der Waals surface area contributed by atoms with Gasteiger partial charge in [-0.25, -0.2) is 14.1 Å². The number of nitrogens with zero attached hydrogens (tertiary/aromatic N) is 3. The van der Waals surface area contributed by atoms with Crippen molar-refractivity contribution in [2.75, 3.05) is 5.32 Å². The number of aromatic nitrogens is 3. The summed E-state index contributed by atoms with van der Waals surface area (Å²) in [5.74, 6) is 0.880. The van der Waals surface area contributed by atoms with Crippen LogP contribution in [0.2, 0.25) is 0 Å². The molecular formula is C20H21FN4O. The molecule has 6 heteroatoms. The van der Waals surface area contributed by atoms with Gasteiger partial charge in [-0.15, -0.1) is 0 Å². The number of hydrogen-bond acceptors (Lipinski definition) is 3. The first-order valence-electron chi connectivity index (χ1n) is 8.47. The highest BCUT2D eigenvalue weighted by molar-refractivity contribution is 5.92. The molecule has 1 amide bonds. The van der Waals surface area contributed by atoms with Gasteiger partial charge in [0.1, 0.15) is 17.5 Å². The zero-order valence-electron chi connectivity index (χ0n) is 15.0. The molecule has 0 unspecified atom stereocenters. The van der Waals surface area contributed by atoms with Gasteiger partial charge in [0.15, 0.2) is 0 Å². The van der Waals surface area contributed by atoms with E-state index in [4.69, 9.17) is 0 Å². The number of benzene rings is 2. The number of carbonyl (C=O) groups excluding carboxylic acids is 1. The quantitative estimate of drug-likeness (QED) is 0.756. The molecule has 2 aromatic carbocycles. The fourth-order valence-corrected chi connectivity index (χ4v) is 2.76. The first-order chi connectivity index (χ1) is 12.4. The summed E-state index contributed by atoms with van der Waals surface area (Å²) in [5, 5.41) is 7.19. The fraction of sp³-hybridized carbons (Fsp3) is 0.250. The summed E-state index contributed by atoms with van der Waals surface area (Å²) in [4.78, 5) is 16.7. The maximum Gasteiger partial charge on any atom is 0.229 e. The maximum absolute atomic E-state index is 13.3. The maximum atomic E-state index is 13.3. The molecule has 0 aliphatic carbocycles. The number of amides is 1. The highest BCUT2D eigenvalue weighted by Crippen LogP contribution is 2.22. The minimum absolute atomic E-state index is 0.0870. The normalized spacial score (nSPS) is 12.0. The van der Waals surface area contributed by atoms with Crippen LogP contribution >= 0.6 is 0 Å². The van der Waals surface area contributed by atoms with Crippen molar-refractivity contribution < 1.29 is 9.18 Å². The van der Waals surface area contributed by atoms with Gasteiger partial charge in [0.25, 0.3) is 0 Å². The molecule has 1 N–H and O–H groups in total. The lowest BCUT2D eigenvalue weighted by Gasteiger charge is -2.13. The average molecular weight is 352 g/mol. The molecule has 0 spiro atoms. The first kappa shape index (κ1) is 17.8. The van der Waals surface area contributed by atoms with Crippen molar-refractivity contribution in [2.45, 2.75) is 27.3 Å². The Hall–Kier alpha value is -3.02. The number of halogens is 1. The third kappa shape index (κ3) is 4.14. The Balaban J connectivity index is 1.64. The summed E-state index contributed by atoms with van der Waals surface area (Å²) >= 11 is 0. The summed E-state index contributed by atoms with van der Waals surface area (Å²) in [5.41, 5.74) is 2.39. The Kier molecular flexibility index (Phi) is 5.11. The smallest absolute Gasteiger partial charge is 0.229 e. The van der Waals surface area contributed by atoms with Crippen molar-refractivity contribution >= 4 is 11.6 Å². The van der Waals surface area contributed by atoms with Crippen LogP contribution in [0.1, 0.15) is 18.6 Å². The summed E-state index contributed by atoms with van der Waals surface area (Å²) in [6.07, 6.45) is 0. The van der Waals surface area contributed by atoms with Gasteiger partial charge in [0, 0.05) is 5.69 Å². The number of nitrogens with one attached hydrogen (secondary N) is 1. The predicted molar refractivity (Wildman–Crippen MR) is 99.1 cm³/mol. The van der Waals surface area contributed by atoms with Crippen LogP contribution in [-0.4, -0.2) is 20.7 Å². The van der Waals surface area contributed by atoms with E-state index in [1.54, 1.807) is 10.7 Å². The van der Waals surface area contributed by atoms with E-state index in [0.717, 1.165) is 17.0 Å². The first-order valence-corrected chi connectivity index (χ1v) is 8.47. The molecule has 3 rings (SSSR count).